The number of nitrogens with one attached hydrogen (secondary N) is 1. The molecule has 0 radical (unpaired) electrons. The van der Waals surface area contributed by atoms with Gasteiger partial charge in [0.25, 0.3) is 0 Å². The van der Waals surface area contributed by atoms with Crippen molar-refractivity contribution in [2.45, 2.75) is 31.7 Å². The first kappa shape index (κ1) is 18.7. The molecule has 1 unspecified atom stereocenters. The number of anilines is 1. The van der Waals surface area contributed by atoms with E-state index in [-0.39, 0.29) is 0 Å². The summed E-state index contributed by atoms with van der Waals surface area (Å²) >= 11 is 14.1. The minimum atomic E-state index is 0.302. The minimum Gasteiger partial charge on any atom is -0.378 e. The molecule has 1 heterocycles. The highest BCUT2D eigenvalue weighted by atomic mass is 35.5. The highest BCUT2D eigenvalue weighted by Gasteiger charge is 2.29. The van der Waals surface area contributed by atoms with Gasteiger partial charge in [0, 0.05) is 28.3 Å². The molecule has 6 heteroatoms. The van der Waals surface area contributed by atoms with Crippen molar-refractivity contribution in [1.82, 2.24) is 5.01 Å². The predicted octanol–water partition coefficient (Wildman–Crippen LogP) is 6.60. The molecule has 0 spiro atoms. The average molecular weight is 418 g/mol. The molecular formula is C21H21Cl2N3S. The van der Waals surface area contributed by atoms with Crippen LogP contribution in [0.5, 0.6) is 0 Å². The smallest absolute Gasteiger partial charge is 0.130 e. The van der Waals surface area contributed by atoms with Gasteiger partial charge in [0.05, 0.1) is 11.1 Å². The molecule has 1 atom stereocenters. The zero-order valence-electron chi connectivity index (χ0n) is 15.1. The van der Waals surface area contributed by atoms with E-state index < -0.39 is 0 Å². The number of halogens is 2. The molecule has 1 aliphatic carbocycles. The van der Waals surface area contributed by atoms with Gasteiger partial charge >= 0.3 is 0 Å². The Morgan fingerprint density at radius 3 is 2.63 bits per heavy atom. The molecule has 27 heavy (non-hydrogen) atoms. The lowest BCUT2D eigenvalue weighted by Crippen LogP contribution is -2.27. The topological polar surface area (TPSA) is 27.6 Å². The highest BCUT2D eigenvalue weighted by Crippen LogP contribution is 2.40. The van der Waals surface area contributed by atoms with E-state index in [9.17, 15) is 0 Å². The van der Waals surface area contributed by atoms with Gasteiger partial charge in [-0.15, -0.1) is 0 Å². The van der Waals surface area contributed by atoms with Crippen molar-refractivity contribution in [2.24, 2.45) is 5.10 Å². The molecule has 3 nitrogen and oxygen atoms in total. The Labute approximate surface area is 174 Å². The zero-order valence-corrected chi connectivity index (χ0v) is 17.4. The van der Waals surface area contributed by atoms with E-state index in [4.69, 9.17) is 28.3 Å². The summed E-state index contributed by atoms with van der Waals surface area (Å²) in [7, 11) is 2.03. The SMILES string of the molecule is CN1N=C(c2cccc(Cl)c2)S/C1=C1\CCCCC1Nc1cccc(Cl)c1. The summed E-state index contributed by atoms with van der Waals surface area (Å²) in [6, 6.07) is 16.1. The number of hydrazone groups is 1. The lowest BCUT2D eigenvalue weighted by atomic mass is 9.90. The van der Waals surface area contributed by atoms with Crippen molar-refractivity contribution >= 4 is 45.7 Å². The van der Waals surface area contributed by atoms with Crippen LogP contribution >= 0.6 is 35.0 Å². The molecule has 2 aliphatic rings. The summed E-state index contributed by atoms with van der Waals surface area (Å²) in [5.74, 6) is 0. The van der Waals surface area contributed by atoms with Crippen molar-refractivity contribution < 1.29 is 0 Å². The van der Waals surface area contributed by atoms with Gasteiger partial charge < -0.3 is 5.32 Å². The standard InChI is InChI=1S/C21H21Cl2N3S/c1-26-21(27-20(25-26)14-6-4-7-15(22)12-14)18-10-2-3-11-19(18)24-17-9-5-8-16(23)13-17/h4-9,12-13,19,24H,2-3,10-11H2,1H3/b21-18+. The summed E-state index contributed by atoms with van der Waals surface area (Å²) in [5.41, 5.74) is 3.55. The van der Waals surface area contributed by atoms with Crippen LogP contribution in [0.4, 0.5) is 5.69 Å². The van der Waals surface area contributed by atoms with E-state index in [0.29, 0.717) is 6.04 Å². The van der Waals surface area contributed by atoms with Gasteiger partial charge in [-0.3, -0.25) is 5.01 Å². The van der Waals surface area contributed by atoms with E-state index in [1.165, 1.54) is 23.4 Å². The number of thioether (sulfide) groups is 1. The molecule has 4 rings (SSSR count). The largest absolute Gasteiger partial charge is 0.378 e. The summed E-state index contributed by atoms with van der Waals surface area (Å²) in [5, 5.41) is 14.2. The third-order valence-electron chi connectivity index (χ3n) is 4.85. The Hall–Kier alpha value is -1.62. The van der Waals surface area contributed by atoms with Gasteiger partial charge in [0.1, 0.15) is 5.04 Å². The molecular weight excluding hydrogens is 397 g/mol. The van der Waals surface area contributed by atoms with Crippen LogP contribution in [0.3, 0.4) is 0 Å². The molecule has 1 saturated carbocycles. The first-order valence-corrected chi connectivity index (χ1v) is 10.7. The van der Waals surface area contributed by atoms with Gasteiger partial charge in [-0.2, -0.15) is 5.10 Å². The Morgan fingerprint density at radius 1 is 1.07 bits per heavy atom. The van der Waals surface area contributed by atoms with Crippen LogP contribution in [0.1, 0.15) is 31.2 Å². The second kappa shape index (κ2) is 8.17. The Balaban J connectivity index is 1.60. The van der Waals surface area contributed by atoms with E-state index >= 15 is 0 Å². The van der Waals surface area contributed by atoms with Crippen LogP contribution < -0.4 is 5.32 Å². The number of benzene rings is 2. The zero-order chi connectivity index (χ0) is 18.8. The summed E-state index contributed by atoms with van der Waals surface area (Å²) in [6.07, 6.45) is 4.65. The van der Waals surface area contributed by atoms with Gasteiger partial charge in [-0.05, 0) is 66.9 Å². The number of nitrogens with zero attached hydrogens (tertiary/aromatic N) is 2. The number of hydrogen-bond acceptors (Lipinski definition) is 4. The molecule has 140 valence electrons. The first-order valence-electron chi connectivity index (χ1n) is 9.11. The van der Waals surface area contributed by atoms with Crippen LogP contribution in [-0.4, -0.2) is 23.1 Å². The van der Waals surface area contributed by atoms with Crippen molar-refractivity contribution in [2.75, 3.05) is 12.4 Å². The average Bonchev–Trinajstić information content (AvgIpc) is 3.04. The Kier molecular flexibility index (Phi) is 5.67. The van der Waals surface area contributed by atoms with Crippen LogP contribution in [0.2, 0.25) is 10.0 Å². The highest BCUT2D eigenvalue weighted by molar-refractivity contribution is 8.17. The maximum atomic E-state index is 6.16. The fourth-order valence-corrected chi connectivity index (χ4v) is 5.10. The molecule has 1 N–H and O–H groups in total. The molecule has 2 aromatic rings. The van der Waals surface area contributed by atoms with Gasteiger partial charge in [0.15, 0.2) is 0 Å². The van der Waals surface area contributed by atoms with Crippen molar-refractivity contribution in [3.05, 3.63) is 74.7 Å². The van der Waals surface area contributed by atoms with E-state index in [2.05, 4.69) is 17.4 Å². The second-order valence-electron chi connectivity index (χ2n) is 6.82. The summed E-state index contributed by atoms with van der Waals surface area (Å²) < 4.78 is 0. The number of hydrogen-bond donors (Lipinski definition) is 1. The normalized spacial score (nSPS) is 22.7. The molecule has 0 aromatic heterocycles. The minimum absolute atomic E-state index is 0.302. The van der Waals surface area contributed by atoms with Crippen LogP contribution in [0.25, 0.3) is 0 Å². The molecule has 2 aromatic carbocycles. The maximum absolute atomic E-state index is 6.16. The van der Waals surface area contributed by atoms with Crippen molar-refractivity contribution in [1.29, 1.82) is 0 Å². The van der Waals surface area contributed by atoms with E-state index in [1.807, 2.05) is 48.5 Å². The van der Waals surface area contributed by atoms with E-state index in [1.54, 1.807) is 11.8 Å². The molecule has 0 amide bonds. The number of rotatable bonds is 3. The van der Waals surface area contributed by atoms with Crippen molar-refractivity contribution in [3.8, 4) is 0 Å². The fourth-order valence-electron chi connectivity index (χ4n) is 3.58. The predicted molar refractivity (Wildman–Crippen MR) is 118 cm³/mol. The third kappa shape index (κ3) is 4.29. The quantitative estimate of drug-likeness (QED) is 0.609. The Morgan fingerprint density at radius 2 is 1.85 bits per heavy atom. The molecule has 1 fully saturated rings. The lowest BCUT2D eigenvalue weighted by molar-refractivity contribution is 0.460. The third-order valence-corrected chi connectivity index (χ3v) is 6.55. The lowest BCUT2D eigenvalue weighted by Gasteiger charge is -2.30. The molecule has 0 bridgehead atoms. The van der Waals surface area contributed by atoms with Gasteiger partial charge in [0.2, 0.25) is 0 Å². The van der Waals surface area contributed by atoms with Gasteiger partial charge in [-0.1, -0.05) is 47.8 Å². The van der Waals surface area contributed by atoms with Crippen LogP contribution in [0, 0.1) is 0 Å². The monoisotopic (exact) mass is 417 g/mol. The van der Waals surface area contributed by atoms with Crippen LogP contribution in [-0.2, 0) is 0 Å². The first-order chi connectivity index (χ1) is 13.1. The fraction of sp³-hybridized carbons (Fsp3) is 0.286. The molecule has 1 aliphatic heterocycles. The maximum Gasteiger partial charge on any atom is 0.130 e. The van der Waals surface area contributed by atoms with Crippen molar-refractivity contribution in [3.63, 3.8) is 0 Å². The van der Waals surface area contributed by atoms with Crippen LogP contribution in [0.15, 0.2) is 64.2 Å². The molecule has 0 saturated heterocycles. The van der Waals surface area contributed by atoms with Gasteiger partial charge in [-0.25, -0.2) is 0 Å². The van der Waals surface area contributed by atoms with E-state index in [0.717, 1.165) is 39.2 Å². The Bertz CT molecular complexity index is 910. The summed E-state index contributed by atoms with van der Waals surface area (Å²) in [4.78, 5) is 0. The summed E-state index contributed by atoms with van der Waals surface area (Å²) in [6.45, 7) is 0. The second-order valence-corrected chi connectivity index (χ2v) is 8.68.